The lowest BCUT2D eigenvalue weighted by atomic mass is 10.1. The minimum Gasteiger partial charge on any atom is -0.409 e. The van der Waals surface area contributed by atoms with Gasteiger partial charge in [-0.15, -0.1) is 0 Å². The molecule has 3 N–H and O–H groups in total. The molecule has 0 atom stereocenters. The Morgan fingerprint density at radius 3 is 2.81 bits per heavy atom. The predicted octanol–water partition coefficient (Wildman–Crippen LogP) is 2.51. The SMILES string of the molecule is Cc1cc(C)c(/C(N)=N/O)c(N2CCSC(C)(C)CC2)n1. The van der Waals surface area contributed by atoms with Crippen LogP contribution in [0, 0.1) is 13.8 Å². The topological polar surface area (TPSA) is 74.7 Å². The Bertz CT molecular complexity index is 557. The van der Waals surface area contributed by atoms with Gasteiger partial charge in [0.25, 0.3) is 0 Å². The number of hydrogen-bond donors (Lipinski definition) is 2. The summed E-state index contributed by atoms with van der Waals surface area (Å²) in [4.78, 5) is 6.92. The molecule has 21 heavy (non-hydrogen) atoms. The maximum Gasteiger partial charge on any atom is 0.174 e. The highest BCUT2D eigenvalue weighted by Crippen LogP contribution is 2.33. The first-order valence-electron chi connectivity index (χ1n) is 7.19. The lowest BCUT2D eigenvalue weighted by Crippen LogP contribution is -2.31. The molecule has 0 aromatic carbocycles. The minimum absolute atomic E-state index is 0.131. The molecule has 1 aromatic rings. The Labute approximate surface area is 130 Å². The molecule has 0 radical (unpaired) electrons. The van der Waals surface area contributed by atoms with Gasteiger partial charge >= 0.3 is 0 Å². The van der Waals surface area contributed by atoms with Crippen molar-refractivity contribution in [2.24, 2.45) is 10.9 Å². The van der Waals surface area contributed by atoms with Gasteiger partial charge in [-0.1, -0.05) is 19.0 Å². The van der Waals surface area contributed by atoms with Crippen molar-refractivity contribution in [1.29, 1.82) is 0 Å². The van der Waals surface area contributed by atoms with Gasteiger partial charge in [0.05, 0.1) is 5.56 Å². The molecule has 0 bridgehead atoms. The Hall–Kier alpha value is -1.43. The number of oxime groups is 1. The van der Waals surface area contributed by atoms with Crippen molar-refractivity contribution in [3.63, 3.8) is 0 Å². The van der Waals surface area contributed by atoms with Crippen LogP contribution in [0.15, 0.2) is 11.2 Å². The third-order valence-electron chi connectivity index (χ3n) is 3.83. The quantitative estimate of drug-likeness (QED) is 0.380. The summed E-state index contributed by atoms with van der Waals surface area (Å²) in [6.07, 6.45) is 1.09. The molecule has 1 saturated heterocycles. The van der Waals surface area contributed by atoms with Crippen LogP contribution in [0.5, 0.6) is 0 Å². The largest absolute Gasteiger partial charge is 0.409 e. The van der Waals surface area contributed by atoms with Crippen molar-refractivity contribution < 1.29 is 5.21 Å². The van der Waals surface area contributed by atoms with Crippen molar-refractivity contribution in [2.75, 3.05) is 23.7 Å². The molecular weight excluding hydrogens is 284 g/mol. The van der Waals surface area contributed by atoms with Crippen LogP contribution in [0.4, 0.5) is 5.82 Å². The van der Waals surface area contributed by atoms with E-state index in [-0.39, 0.29) is 10.6 Å². The second kappa shape index (κ2) is 6.13. The summed E-state index contributed by atoms with van der Waals surface area (Å²) in [5.74, 6) is 2.02. The Kier molecular flexibility index (Phi) is 4.66. The Morgan fingerprint density at radius 1 is 1.43 bits per heavy atom. The summed E-state index contributed by atoms with van der Waals surface area (Å²) in [6, 6.07) is 1.97. The van der Waals surface area contributed by atoms with E-state index < -0.39 is 0 Å². The molecule has 0 amide bonds. The molecule has 1 aliphatic heterocycles. The molecule has 6 heteroatoms. The Balaban J connectivity index is 2.43. The summed E-state index contributed by atoms with van der Waals surface area (Å²) in [5, 5.41) is 12.2. The van der Waals surface area contributed by atoms with Crippen LogP contribution in [-0.2, 0) is 0 Å². The van der Waals surface area contributed by atoms with Gasteiger partial charge in [-0.3, -0.25) is 0 Å². The zero-order valence-corrected chi connectivity index (χ0v) is 14.0. The molecule has 1 fully saturated rings. The monoisotopic (exact) mass is 308 g/mol. The molecule has 1 aliphatic rings. The van der Waals surface area contributed by atoms with Crippen LogP contribution in [-0.4, -0.2) is 39.6 Å². The van der Waals surface area contributed by atoms with Gasteiger partial charge in [0, 0.05) is 29.3 Å². The van der Waals surface area contributed by atoms with Crippen molar-refractivity contribution in [3.05, 3.63) is 22.9 Å². The van der Waals surface area contributed by atoms with Gasteiger partial charge in [-0.05, 0) is 31.9 Å². The van der Waals surface area contributed by atoms with Crippen LogP contribution in [0.3, 0.4) is 0 Å². The fraction of sp³-hybridized carbons (Fsp3) is 0.600. The van der Waals surface area contributed by atoms with Crippen molar-refractivity contribution >= 4 is 23.4 Å². The number of amidine groups is 1. The zero-order valence-electron chi connectivity index (χ0n) is 13.2. The number of anilines is 1. The number of nitrogens with zero attached hydrogens (tertiary/aromatic N) is 3. The number of hydrogen-bond acceptors (Lipinski definition) is 5. The predicted molar refractivity (Wildman–Crippen MR) is 89.6 cm³/mol. The molecule has 116 valence electrons. The van der Waals surface area contributed by atoms with E-state index in [1.54, 1.807) is 0 Å². The van der Waals surface area contributed by atoms with E-state index >= 15 is 0 Å². The number of thioether (sulfide) groups is 1. The number of nitrogens with two attached hydrogens (primary N) is 1. The second-order valence-corrected chi connectivity index (χ2v) is 7.91. The summed E-state index contributed by atoms with van der Waals surface area (Å²) >= 11 is 1.99. The average Bonchev–Trinajstić information content (AvgIpc) is 2.58. The summed E-state index contributed by atoms with van der Waals surface area (Å²) in [7, 11) is 0. The molecule has 2 rings (SSSR count). The van der Waals surface area contributed by atoms with Gasteiger partial charge in [0.1, 0.15) is 5.82 Å². The fourth-order valence-corrected chi connectivity index (χ4v) is 3.74. The summed E-state index contributed by atoms with van der Waals surface area (Å²) < 4.78 is 0.282. The first-order valence-corrected chi connectivity index (χ1v) is 8.17. The zero-order chi connectivity index (χ0) is 15.6. The second-order valence-electron chi connectivity index (χ2n) is 6.11. The van der Waals surface area contributed by atoms with E-state index in [4.69, 9.17) is 10.9 Å². The highest BCUT2D eigenvalue weighted by Gasteiger charge is 2.26. The number of rotatable bonds is 2. The van der Waals surface area contributed by atoms with Gasteiger partial charge in [-0.25, -0.2) is 4.98 Å². The lowest BCUT2D eigenvalue weighted by Gasteiger charge is -2.26. The summed E-state index contributed by atoms with van der Waals surface area (Å²) in [6.45, 7) is 10.4. The number of pyridine rings is 1. The first kappa shape index (κ1) is 15.9. The van der Waals surface area contributed by atoms with E-state index in [2.05, 4.69) is 28.9 Å². The lowest BCUT2D eigenvalue weighted by molar-refractivity contribution is 0.318. The number of aryl methyl sites for hydroxylation is 2. The molecule has 0 spiro atoms. The maximum atomic E-state index is 9.06. The van der Waals surface area contributed by atoms with E-state index in [0.717, 1.165) is 47.9 Å². The van der Waals surface area contributed by atoms with Crippen LogP contribution in [0.1, 0.15) is 37.1 Å². The smallest absolute Gasteiger partial charge is 0.174 e. The molecule has 0 unspecified atom stereocenters. The van der Waals surface area contributed by atoms with Gasteiger partial charge in [0.15, 0.2) is 5.84 Å². The van der Waals surface area contributed by atoms with Crippen molar-refractivity contribution in [2.45, 2.75) is 38.9 Å². The Morgan fingerprint density at radius 2 is 2.14 bits per heavy atom. The van der Waals surface area contributed by atoms with E-state index in [0.29, 0.717) is 0 Å². The summed E-state index contributed by atoms with van der Waals surface area (Å²) in [5.41, 5.74) is 8.56. The van der Waals surface area contributed by atoms with E-state index in [1.165, 1.54) is 0 Å². The highest BCUT2D eigenvalue weighted by molar-refractivity contribution is 8.00. The van der Waals surface area contributed by atoms with Gasteiger partial charge in [-0.2, -0.15) is 11.8 Å². The van der Waals surface area contributed by atoms with Crippen LogP contribution in [0.25, 0.3) is 0 Å². The molecule has 0 saturated carbocycles. The standard InChI is InChI=1S/C15H24N4OS/c1-10-9-11(2)17-14(12(10)13(16)18-20)19-6-5-15(3,4)21-8-7-19/h9,20H,5-8H2,1-4H3,(H2,16,18). The van der Waals surface area contributed by atoms with Crippen molar-refractivity contribution in [1.82, 2.24) is 4.98 Å². The van der Waals surface area contributed by atoms with Crippen LogP contribution < -0.4 is 10.6 Å². The first-order chi connectivity index (χ1) is 9.84. The van der Waals surface area contributed by atoms with Gasteiger partial charge < -0.3 is 15.8 Å². The van der Waals surface area contributed by atoms with Crippen LogP contribution in [0.2, 0.25) is 0 Å². The molecule has 2 heterocycles. The normalized spacial score (nSPS) is 19.4. The molecular formula is C15H24N4OS. The van der Waals surface area contributed by atoms with E-state index in [9.17, 15) is 0 Å². The van der Waals surface area contributed by atoms with E-state index in [1.807, 2.05) is 31.7 Å². The number of aromatic nitrogens is 1. The van der Waals surface area contributed by atoms with Crippen LogP contribution >= 0.6 is 11.8 Å². The molecule has 5 nitrogen and oxygen atoms in total. The highest BCUT2D eigenvalue weighted by atomic mass is 32.2. The molecule has 0 aliphatic carbocycles. The minimum atomic E-state index is 0.131. The van der Waals surface area contributed by atoms with Gasteiger partial charge in [0.2, 0.25) is 0 Å². The molecule has 1 aromatic heterocycles. The maximum absolute atomic E-state index is 9.06. The average molecular weight is 308 g/mol. The third kappa shape index (κ3) is 3.61. The van der Waals surface area contributed by atoms with Crippen molar-refractivity contribution in [3.8, 4) is 0 Å². The fourth-order valence-electron chi connectivity index (χ4n) is 2.64. The third-order valence-corrected chi connectivity index (χ3v) is 5.20.